The maximum Gasteiger partial charge on any atom is 0.394 e. The third-order valence-corrected chi connectivity index (χ3v) is 2.60. The highest BCUT2D eigenvalue weighted by Gasteiger charge is 1.92. The number of thiocarbonyl (C=S) groups is 1. The van der Waals surface area contributed by atoms with Gasteiger partial charge in [-0.25, -0.2) is 0 Å². The molecule has 1 aromatic rings. The molecule has 0 fully saturated rings. The van der Waals surface area contributed by atoms with Crippen molar-refractivity contribution in [1.29, 1.82) is 0 Å². The standard InChI is InChI=1S/C8H12N2S2.H2O4S/c9-8(11)12-7-3-6-10-4-1-2-5-10;1-5(2,3)4/h1-2,4-5H,3,6-7H2,(H2,9,11);(H2,1,2,3,4). The summed E-state index contributed by atoms with van der Waals surface area (Å²) >= 11 is 6.29. The number of aromatic nitrogens is 1. The van der Waals surface area contributed by atoms with Crippen LogP contribution in [0.2, 0.25) is 0 Å². The monoisotopic (exact) mass is 298 g/mol. The van der Waals surface area contributed by atoms with Gasteiger partial charge in [0.15, 0.2) is 0 Å². The summed E-state index contributed by atoms with van der Waals surface area (Å²) in [5.74, 6) is 1.01. The van der Waals surface area contributed by atoms with E-state index in [1.165, 1.54) is 0 Å². The van der Waals surface area contributed by atoms with E-state index < -0.39 is 10.4 Å². The van der Waals surface area contributed by atoms with Gasteiger partial charge in [0.1, 0.15) is 4.32 Å². The Labute approximate surface area is 110 Å². The predicted octanol–water partition coefficient (Wildman–Crippen LogP) is 1.20. The molecule has 0 bridgehead atoms. The van der Waals surface area contributed by atoms with Crippen LogP contribution < -0.4 is 5.73 Å². The number of nitrogens with two attached hydrogens (primary N) is 1. The highest BCUT2D eigenvalue weighted by atomic mass is 32.3. The molecule has 0 aromatic carbocycles. The van der Waals surface area contributed by atoms with Crippen LogP contribution in [0.4, 0.5) is 0 Å². The first kappa shape index (κ1) is 16.4. The Hall–Kier alpha value is -0.610. The number of hydrogen-bond donors (Lipinski definition) is 3. The van der Waals surface area contributed by atoms with Crippen LogP contribution in [-0.4, -0.2) is 32.2 Å². The molecule has 0 saturated heterocycles. The van der Waals surface area contributed by atoms with E-state index in [2.05, 4.69) is 17.0 Å². The lowest BCUT2D eigenvalue weighted by molar-refractivity contribution is 0.381. The first-order valence-electron chi connectivity index (χ1n) is 4.52. The van der Waals surface area contributed by atoms with E-state index in [1.54, 1.807) is 11.8 Å². The van der Waals surface area contributed by atoms with Crippen molar-refractivity contribution < 1.29 is 17.5 Å². The Morgan fingerprint density at radius 1 is 1.35 bits per heavy atom. The van der Waals surface area contributed by atoms with E-state index in [4.69, 9.17) is 35.5 Å². The summed E-state index contributed by atoms with van der Waals surface area (Å²) in [4.78, 5) is 0. The molecule has 6 nitrogen and oxygen atoms in total. The molecule has 0 amide bonds. The van der Waals surface area contributed by atoms with Crippen molar-refractivity contribution in [3.05, 3.63) is 24.5 Å². The number of rotatable bonds is 4. The summed E-state index contributed by atoms with van der Waals surface area (Å²) in [6.07, 6.45) is 5.23. The second-order valence-corrected chi connectivity index (χ2v) is 5.62. The van der Waals surface area contributed by atoms with Gasteiger partial charge in [0, 0.05) is 24.7 Å². The summed E-state index contributed by atoms with van der Waals surface area (Å²) in [6, 6.07) is 4.06. The molecule has 4 N–H and O–H groups in total. The van der Waals surface area contributed by atoms with Crippen molar-refractivity contribution in [3.63, 3.8) is 0 Å². The van der Waals surface area contributed by atoms with Crippen LogP contribution in [0.25, 0.3) is 0 Å². The van der Waals surface area contributed by atoms with E-state index in [1.807, 2.05) is 12.1 Å². The molecule has 0 atom stereocenters. The van der Waals surface area contributed by atoms with E-state index in [-0.39, 0.29) is 0 Å². The van der Waals surface area contributed by atoms with Gasteiger partial charge in [-0.15, -0.1) is 0 Å². The molecule has 9 heteroatoms. The maximum absolute atomic E-state index is 8.74. The average molecular weight is 298 g/mol. The summed E-state index contributed by atoms with van der Waals surface area (Å²) in [7, 11) is -4.67. The molecule has 0 aliphatic carbocycles. The van der Waals surface area contributed by atoms with Crippen LogP contribution in [0.15, 0.2) is 24.5 Å². The first-order chi connectivity index (χ1) is 7.79. The van der Waals surface area contributed by atoms with Crippen LogP contribution in [0, 0.1) is 0 Å². The zero-order valence-corrected chi connectivity index (χ0v) is 11.3. The summed E-state index contributed by atoms with van der Waals surface area (Å²) < 4.78 is 34.3. The molecular weight excluding hydrogens is 284 g/mol. The van der Waals surface area contributed by atoms with Crippen molar-refractivity contribution in [2.45, 2.75) is 13.0 Å². The van der Waals surface area contributed by atoms with Crippen molar-refractivity contribution in [3.8, 4) is 0 Å². The van der Waals surface area contributed by atoms with Crippen LogP contribution >= 0.6 is 24.0 Å². The fourth-order valence-electron chi connectivity index (χ4n) is 0.939. The van der Waals surface area contributed by atoms with Crippen molar-refractivity contribution in [2.75, 3.05) is 5.75 Å². The molecule has 17 heavy (non-hydrogen) atoms. The normalized spacial score (nSPS) is 10.5. The summed E-state index contributed by atoms with van der Waals surface area (Å²) in [5.41, 5.74) is 5.34. The van der Waals surface area contributed by atoms with E-state index in [0.29, 0.717) is 4.32 Å². The van der Waals surface area contributed by atoms with Gasteiger partial charge in [-0.05, 0) is 18.6 Å². The van der Waals surface area contributed by atoms with E-state index in [9.17, 15) is 0 Å². The van der Waals surface area contributed by atoms with Crippen LogP contribution in [0.5, 0.6) is 0 Å². The summed E-state index contributed by atoms with van der Waals surface area (Å²) in [6.45, 7) is 1.04. The molecule has 1 aromatic heterocycles. The Bertz CT molecular complexity index is 408. The minimum Gasteiger partial charge on any atom is -0.385 e. The van der Waals surface area contributed by atoms with Crippen LogP contribution in [0.1, 0.15) is 6.42 Å². The Balaban J connectivity index is 0.000000437. The van der Waals surface area contributed by atoms with Crippen LogP contribution in [0.3, 0.4) is 0 Å². The molecule has 0 unspecified atom stereocenters. The van der Waals surface area contributed by atoms with Crippen molar-refractivity contribution >= 4 is 38.7 Å². The van der Waals surface area contributed by atoms with Gasteiger partial charge in [0.05, 0.1) is 0 Å². The second-order valence-electron chi connectivity index (χ2n) is 2.89. The van der Waals surface area contributed by atoms with Gasteiger partial charge in [-0.3, -0.25) is 9.11 Å². The molecule has 0 saturated carbocycles. The third-order valence-electron chi connectivity index (χ3n) is 1.47. The molecule has 1 heterocycles. The molecule has 0 aliphatic rings. The first-order valence-corrected chi connectivity index (χ1v) is 7.31. The lowest BCUT2D eigenvalue weighted by atomic mass is 10.5. The zero-order chi connectivity index (χ0) is 13.3. The second kappa shape index (κ2) is 8.48. The maximum atomic E-state index is 8.74. The highest BCUT2D eigenvalue weighted by molar-refractivity contribution is 8.22. The smallest absolute Gasteiger partial charge is 0.385 e. The number of nitrogens with zero attached hydrogens (tertiary/aromatic N) is 1. The number of thioether (sulfide) groups is 1. The fourth-order valence-corrected chi connectivity index (χ4v) is 1.66. The lowest BCUT2D eigenvalue weighted by Crippen LogP contribution is -2.04. The number of hydrogen-bond acceptors (Lipinski definition) is 4. The molecule has 0 radical (unpaired) electrons. The largest absolute Gasteiger partial charge is 0.394 e. The van der Waals surface area contributed by atoms with Crippen molar-refractivity contribution in [2.24, 2.45) is 5.73 Å². The molecule has 0 aliphatic heterocycles. The molecular formula is C8H14N2O4S3. The van der Waals surface area contributed by atoms with Gasteiger partial charge in [-0.1, -0.05) is 24.0 Å². The molecule has 0 spiro atoms. The summed E-state index contributed by atoms with van der Waals surface area (Å²) in [5, 5.41) is 0. The Kier molecular flexibility index (Phi) is 8.17. The molecule has 98 valence electrons. The fraction of sp³-hybridized carbons (Fsp3) is 0.375. The average Bonchev–Trinajstić information content (AvgIpc) is 2.61. The molecule has 1 rings (SSSR count). The topological polar surface area (TPSA) is 106 Å². The van der Waals surface area contributed by atoms with E-state index >= 15 is 0 Å². The Morgan fingerprint density at radius 3 is 2.24 bits per heavy atom. The van der Waals surface area contributed by atoms with Gasteiger partial charge in [-0.2, -0.15) is 8.42 Å². The lowest BCUT2D eigenvalue weighted by Gasteiger charge is -2.01. The predicted molar refractivity (Wildman–Crippen MR) is 72.5 cm³/mol. The zero-order valence-electron chi connectivity index (χ0n) is 8.89. The van der Waals surface area contributed by atoms with Gasteiger partial charge in [0.25, 0.3) is 0 Å². The van der Waals surface area contributed by atoms with Gasteiger partial charge in [0.2, 0.25) is 0 Å². The highest BCUT2D eigenvalue weighted by Crippen LogP contribution is 2.03. The quantitative estimate of drug-likeness (QED) is 0.436. The van der Waals surface area contributed by atoms with Crippen molar-refractivity contribution in [1.82, 2.24) is 4.57 Å². The minimum absolute atomic E-state index is 0.544. The van der Waals surface area contributed by atoms with Gasteiger partial charge < -0.3 is 10.3 Å². The number of aryl methyl sites for hydroxylation is 1. The third kappa shape index (κ3) is 15.4. The van der Waals surface area contributed by atoms with Crippen LogP contribution in [-0.2, 0) is 16.9 Å². The Morgan fingerprint density at radius 2 is 1.82 bits per heavy atom. The minimum atomic E-state index is -4.67. The SMILES string of the molecule is NC(=S)SCCCn1cccc1.O=S(=O)(O)O. The van der Waals surface area contributed by atoms with E-state index in [0.717, 1.165) is 18.7 Å². The van der Waals surface area contributed by atoms with Gasteiger partial charge >= 0.3 is 10.4 Å².